The second-order valence-electron chi connectivity index (χ2n) is 6.20. The van der Waals surface area contributed by atoms with Crippen LogP contribution in [0.4, 0.5) is 4.79 Å². The molecule has 2 N–H and O–H groups in total. The van der Waals surface area contributed by atoms with Gasteiger partial charge in [0.15, 0.2) is 0 Å². The molecule has 8 nitrogen and oxygen atoms in total. The summed E-state index contributed by atoms with van der Waals surface area (Å²) in [7, 11) is 0. The van der Waals surface area contributed by atoms with E-state index in [0.29, 0.717) is 48.7 Å². The van der Waals surface area contributed by atoms with Crippen molar-refractivity contribution in [2.24, 2.45) is 17.8 Å². The van der Waals surface area contributed by atoms with Crippen LogP contribution in [0.1, 0.15) is 16.8 Å². The molecule has 2 aromatic rings. The van der Waals surface area contributed by atoms with Crippen LogP contribution in [0.5, 0.6) is 0 Å². The van der Waals surface area contributed by atoms with E-state index in [1.807, 2.05) is 0 Å². The molecule has 2 fully saturated rings. The van der Waals surface area contributed by atoms with Gasteiger partial charge in [0.1, 0.15) is 0 Å². The van der Waals surface area contributed by atoms with Gasteiger partial charge in [-0.05, 0) is 24.2 Å². The van der Waals surface area contributed by atoms with Gasteiger partial charge in [-0.2, -0.15) is 0 Å². The summed E-state index contributed by atoms with van der Waals surface area (Å²) in [5.41, 5.74) is 0.503. The Balaban J connectivity index is 1.26. The normalized spacial score (nSPS) is 25.4. The average Bonchev–Trinajstić information content (AvgIpc) is 2.96. The maximum absolute atomic E-state index is 12.1. The number of aromatic nitrogens is 3. The van der Waals surface area contributed by atoms with Gasteiger partial charge in [0.2, 0.25) is 5.78 Å². The van der Waals surface area contributed by atoms with Gasteiger partial charge in [0.05, 0.1) is 5.56 Å². The third kappa shape index (κ3) is 2.49. The average molecular weight is 315 g/mol. The summed E-state index contributed by atoms with van der Waals surface area (Å²) >= 11 is 0. The molecule has 2 aliphatic rings. The number of nitrogens with zero attached hydrogens (tertiary/aromatic N) is 4. The molecular weight excluding hydrogens is 298 g/mol. The van der Waals surface area contributed by atoms with Crippen molar-refractivity contribution < 1.29 is 14.7 Å². The van der Waals surface area contributed by atoms with Crippen LogP contribution in [-0.4, -0.2) is 56.0 Å². The van der Waals surface area contributed by atoms with Crippen molar-refractivity contribution in [1.29, 1.82) is 0 Å². The van der Waals surface area contributed by atoms with Crippen LogP contribution in [0.3, 0.4) is 0 Å². The van der Waals surface area contributed by atoms with E-state index < -0.39 is 6.09 Å². The molecule has 4 rings (SSSR count). The number of hydrogen-bond donors (Lipinski definition) is 2. The Labute approximate surface area is 132 Å². The third-order valence-electron chi connectivity index (χ3n) is 4.91. The van der Waals surface area contributed by atoms with Crippen LogP contribution in [0.15, 0.2) is 24.8 Å². The predicted octanol–water partition coefficient (Wildman–Crippen LogP) is 0.705. The van der Waals surface area contributed by atoms with E-state index in [1.165, 1.54) is 11.1 Å². The van der Waals surface area contributed by atoms with Crippen molar-refractivity contribution in [3.63, 3.8) is 0 Å². The minimum Gasteiger partial charge on any atom is -0.465 e. The first kappa shape index (κ1) is 14.0. The molecule has 8 heteroatoms. The van der Waals surface area contributed by atoms with Gasteiger partial charge >= 0.3 is 6.09 Å². The second kappa shape index (κ2) is 5.22. The number of amides is 2. The lowest BCUT2D eigenvalue weighted by Crippen LogP contribution is -2.31. The maximum atomic E-state index is 12.1. The van der Waals surface area contributed by atoms with Crippen LogP contribution in [0.2, 0.25) is 0 Å². The molecule has 1 saturated carbocycles. The van der Waals surface area contributed by atoms with Crippen LogP contribution in [0.25, 0.3) is 5.78 Å². The lowest BCUT2D eigenvalue weighted by Gasteiger charge is -2.15. The fourth-order valence-corrected chi connectivity index (χ4v) is 3.62. The number of carbonyl (C=O) groups is 2. The van der Waals surface area contributed by atoms with Crippen LogP contribution in [-0.2, 0) is 0 Å². The number of hydrogen-bond acceptors (Lipinski definition) is 4. The number of carboxylic acid groups (broad SMARTS) is 1. The molecule has 2 amide bonds. The van der Waals surface area contributed by atoms with Gasteiger partial charge in [-0.25, -0.2) is 14.8 Å². The van der Waals surface area contributed by atoms with Gasteiger partial charge in [-0.3, -0.25) is 9.20 Å². The monoisotopic (exact) mass is 315 g/mol. The van der Waals surface area contributed by atoms with E-state index in [9.17, 15) is 9.59 Å². The molecule has 120 valence electrons. The highest BCUT2D eigenvalue weighted by atomic mass is 16.4. The second-order valence-corrected chi connectivity index (χ2v) is 6.20. The molecule has 1 saturated heterocycles. The molecule has 0 spiro atoms. The highest BCUT2D eigenvalue weighted by Gasteiger charge is 2.55. The molecule has 3 heterocycles. The summed E-state index contributed by atoms with van der Waals surface area (Å²) in [6.45, 7) is 1.88. The zero-order valence-corrected chi connectivity index (χ0v) is 12.4. The Bertz CT molecular complexity index is 761. The van der Waals surface area contributed by atoms with Gasteiger partial charge in [0.25, 0.3) is 5.91 Å². The largest absolute Gasteiger partial charge is 0.465 e. The molecular formula is C15H17N5O3. The first-order valence-electron chi connectivity index (χ1n) is 7.68. The van der Waals surface area contributed by atoms with Crippen molar-refractivity contribution in [1.82, 2.24) is 24.6 Å². The third-order valence-corrected chi connectivity index (χ3v) is 4.91. The van der Waals surface area contributed by atoms with E-state index in [-0.39, 0.29) is 5.91 Å². The maximum Gasteiger partial charge on any atom is 0.407 e. The SMILES string of the molecule is O=C(NCCC1C2CN(C(=O)O)CC12)c1cnc2nccn2c1. The van der Waals surface area contributed by atoms with Crippen LogP contribution >= 0.6 is 0 Å². The van der Waals surface area contributed by atoms with E-state index in [0.717, 1.165) is 6.42 Å². The number of carbonyl (C=O) groups excluding carboxylic acids is 1. The zero-order valence-electron chi connectivity index (χ0n) is 12.4. The van der Waals surface area contributed by atoms with E-state index in [4.69, 9.17) is 5.11 Å². The van der Waals surface area contributed by atoms with Gasteiger partial charge in [-0.15, -0.1) is 0 Å². The van der Waals surface area contributed by atoms with Gasteiger partial charge in [-0.1, -0.05) is 0 Å². The summed E-state index contributed by atoms with van der Waals surface area (Å²) in [4.78, 5) is 32.6. The van der Waals surface area contributed by atoms with Crippen molar-refractivity contribution in [3.05, 3.63) is 30.4 Å². The van der Waals surface area contributed by atoms with E-state index in [1.54, 1.807) is 23.0 Å². The first-order valence-corrected chi connectivity index (χ1v) is 7.68. The number of piperidine rings is 1. The fourth-order valence-electron chi connectivity index (χ4n) is 3.62. The molecule has 2 unspecified atom stereocenters. The topological polar surface area (TPSA) is 99.8 Å². The summed E-state index contributed by atoms with van der Waals surface area (Å²) in [5, 5.41) is 11.8. The standard InChI is InChI=1S/C15H17N5O3/c21-13(9-5-18-14-17-3-4-19(14)6-9)16-2-1-10-11-7-20(15(22)23)8-12(10)11/h3-6,10-12H,1-2,7-8H2,(H,16,21)(H,22,23). The van der Waals surface area contributed by atoms with Crippen molar-refractivity contribution in [2.45, 2.75) is 6.42 Å². The van der Waals surface area contributed by atoms with Crippen LogP contribution in [0, 0.1) is 17.8 Å². The Morgan fingerprint density at radius 1 is 1.30 bits per heavy atom. The summed E-state index contributed by atoms with van der Waals surface area (Å²) < 4.78 is 1.71. The molecule has 23 heavy (non-hydrogen) atoms. The molecule has 0 radical (unpaired) electrons. The number of nitrogens with one attached hydrogen (secondary N) is 1. The smallest absolute Gasteiger partial charge is 0.407 e. The van der Waals surface area contributed by atoms with E-state index in [2.05, 4.69) is 15.3 Å². The molecule has 0 bridgehead atoms. The quantitative estimate of drug-likeness (QED) is 0.865. The summed E-state index contributed by atoms with van der Waals surface area (Å²) in [6.07, 6.45) is 6.69. The Kier molecular flexibility index (Phi) is 3.17. The molecule has 0 aromatic carbocycles. The summed E-state index contributed by atoms with van der Waals surface area (Å²) in [6, 6.07) is 0. The van der Waals surface area contributed by atoms with E-state index >= 15 is 0 Å². The Morgan fingerprint density at radius 3 is 2.83 bits per heavy atom. The molecule has 1 aliphatic carbocycles. The zero-order chi connectivity index (χ0) is 16.0. The molecule has 2 aromatic heterocycles. The molecule has 1 aliphatic heterocycles. The summed E-state index contributed by atoms with van der Waals surface area (Å²) in [5.74, 6) is 1.92. The van der Waals surface area contributed by atoms with Crippen molar-refractivity contribution >= 4 is 17.8 Å². The lowest BCUT2D eigenvalue weighted by molar-refractivity contribution is 0.0951. The van der Waals surface area contributed by atoms with Gasteiger partial charge in [0, 0.05) is 44.4 Å². The van der Waals surface area contributed by atoms with Crippen LogP contribution < -0.4 is 5.32 Å². The number of rotatable bonds is 4. The van der Waals surface area contributed by atoms with Crippen molar-refractivity contribution in [2.75, 3.05) is 19.6 Å². The predicted molar refractivity (Wildman–Crippen MR) is 80.0 cm³/mol. The highest BCUT2D eigenvalue weighted by Crippen LogP contribution is 2.53. The number of likely N-dealkylation sites (tertiary alicyclic amines) is 1. The lowest BCUT2D eigenvalue weighted by atomic mass is 10.2. The number of fused-ring (bicyclic) bond motifs is 2. The highest BCUT2D eigenvalue weighted by molar-refractivity contribution is 5.93. The Morgan fingerprint density at radius 2 is 2.09 bits per heavy atom. The molecule has 2 atom stereocenters. The van der Waals surface area contributed by atoms with Gasteiger partial charge < -0.3 is 15.3 Å². The Hall–Kier alpha value is -2.64. The van der Waals surface area contributed by atoms with Crippen molar-refractivity contribution in [3.8, 4) is 0 Å². The fraction of sp³-hybridized carbons (Fsp3) is 0.467. The minimum atomic E-state index is -0.827. The first-order chi connectivity index (χ1) is 11.1. The number of imidazole rings is 1. The minimum absolute atomic E-state index is 0.147.